The van der Waals surface area contributed by atoms with Crippen LogP contribution < -0.4 is 0 Å². The SMILES string of the molecule is CC1=C2CCC(C)CC2C(C)(C)CC(O)C1. The molecule has 1 fully saturated rings. The van der Waals surface area contributed by atoms with E-state index in [0.717, 1.165) is 18.8 Å². The number of hydrogen-bond donors (Lipinski definition) is 1. The Morgan fingerprint density at radius 1 is 1.31 bits per heavy atom. The summed E-state index contributed by atoms with van der Waals surface area (Å²) in [7, 11) is 0. The third-order valence-electron chi connectivity index (χ3n) is 4.76. The van der Waals surface area contributed by atoms with Gasteiger partial charge in [0.15, 0.2) is 0 Å². The van der Waals surface area contributed by atoms with Gasteiger partial charge >= 0.3 is 0 Å². The van der Waals surface area contributed by atoms with Crippen molar-refractivity contribution in [3.63, 3.8) is 0 Å². The van der Waals surface area contributed by atoms with Gasteiger partial charge in [0.25, 0.3) is 0 Å². The number of rotatable bonds is 0. The zero-order valence-electron chi connectivity index (χ0n) is 11.2. The molecule has 1 N–H and O–H groups in total. The Balaban J connectivity index is 2.34. The first-order chi connectivity index (χ1) is 7.40. The quantitative estimate of drug-likeness (QED) is 0.616. The van der Waals surface area contributed by atoms with Crippen LogP contribution in [0, 0.1) is 17.3 Å². The second-order valence-corrected chi connectivity index (χ2v) is 6.79. The van der Waals surface area contributed by atoms with Gasteiger partial charge in [-0.1, -0.05) is 31.9 Å². The number of allylic oxidation sites excluding steroid dienone is 1. The fourth-order valence-electron chi connectivity index (χ4n) is 3.85. The van der Waals surface area contributed by atoms with Crippen molar-refractivity contribution in [1.82, 2.24) is 0 Å². The van der Waals surface area contributed by atoms with E-state index < -0.39 is 0 Å². The van der Waals surface area contributed by atoms with Crippen molar-refractivity contribution in [3.05, 3.63) is 11.1 Å². The summed E-state index contributed by atoms with van der Waals surface area (Å²) in [4.78, 5) is 0. The van der Waals surface area contributed by atoms with E-state index in [2.05, 4.69) is 27.7 Å². The molecule has 0 aromatic heterocycles. The first-order valence-electron chi connectivity index (χ1n) is 6.76. The Hall–Kier alpha value is -0.300. The number of aliphatic hydroxyl groups is 1. The van der Waals surface area contributed by atoms with Crippen molar-refractivity contribution in [2.45, 2.75) is 65.9 Å². The summed E-state index contributed by atoms with van der Waals surface area (Å²) >= 11 is 0. The molecule has 0 radical (unpaired) electrons. The Morgan fingerprint density at radius 3 is 2.69 bits per heavy atom. The van der Waals surface area contributed by atoms with Crippen molar-refractivity contribution in [2.24, 2.45) is 17.3 Å². The molecule has 0 spiro atoms. The minimum atomic E-state index is -0.122. The third kappa shape index (κ3) is 2.20. The van der Waals surface area contributed by atoms with Crippen LogP contribution in [-0.4, -0.2) is 11.2 Å². The van der Waals surface area contributed by atoms with Crippen LogP contribution >= 0.6 is 0 Å². The smallest absolute Gasteiger partial charge is 0.0582 e. The Labute approximate surface area is 99.9 Å². The van der Waals surface area contributed by atoms with Crippen LogP contribution in [0.15, 0.2) is 11.1 Å². The van der Waals surface area contributed by atoms with Crippen LogP contribution in [0.3, 0.4) is 0 Å². The average molecular weight is 222 g/mol. The lowest BCUT2D eigenvalue weighted by Gasteiger charge is -2.41. The van der Waals surface area contributed by atoms with Gasteiger partial charge in [-0.05, 0) is 56.3 Å². The molecule has 1 heteroatoms. The summed E-state index contributed by atoms with van der Waals surface area (Å²) < 4.78 is 0. The van der Waals surface area contributed by atoms with Gasteiger partial charge in [-0.2, -0.15) is 0 Å². The van der Waals surface area contributed by atoms with E-state index in [0.29, 0.717) is 5.92 Å². The van der Waals surface area contributed by atoms with Gasteiger partial charge < -0.3 is 5.11 Å². The summed E-state index contributed by atoms with van der Waals surface area (Å²) in [5, 5.41) is 10.1. The van der Waals surface area contributed by atoms with Crippen molar-refractivity contribution in [3.8, 4) is 0 Å². The molecule has 0 bridgehead atoms. The molecule has 0 amide bonds. The van der Waals surface area contributed by atoms with E-state index in [-0.39, 0.29) is 11.5 Å². The van der Waals surface area contributed by atoms with Crippen molar-refractivity contribution < 1.29 is 5.11 Å². The summed E-state index contributed by atoms with van der Waals surface area (Å²) in [5.41, 5.74) is 3.44. The zero-order chi connectivity index (χ0) is 11.9. The Kier molecular flexibility index (Phi) is 3.18. The summed E-state index contributed by atoms with van der Waals surface area (Å²) in [5.74, 6) is 1.57. The molecule has 1 saturated carbocycles. The Morgan fingerprint density at radius 2 is 2.00 bits per heavy atom. The van der Waals surface area contributed by atoms with E-state index in [9.17, 15) is 5.11 Å². The lowest BCUT2D eigenvalue weighted by atomic mass is 9.65. The van der Waals surface area contributed by atoms with Gasteiger partial charge in [-0.25, -0.2) is 0 Å². The highest BCUT2D eigenvalue weighted by molar-refractivity contribution is 5.22. The normalized spacial score (nSPS) is 39.2. The van der Waals surface area contributed by atoms with Crippen molar-refractivity contribution >= 4 is 0 Å². The van der Waals surface area contributed by atoms with Gasteiger partial charge in [-0.3, -0.25) is 0 Å². The molecule has 3 unspecified atom stereocenters. The molecule has 1 nitrogen and oxygen atoms in total. The zero-order valence-corrected chi connectivity index (χ0v) is 11.2. The monoisotopic (exact) mass is 222 g/mol. The van der Waals surface area contributed by atoms with Gasteiger partial charge in [0.1, 0.15) is 0 Å². The van der Waals surface area contributed by atoms with Crippen molar-refractivity contribution in [1.29, 1.82) is 0 Å². The molecular weight excluding hydrogens is 196 g/mol. The molecule has 16 heavy (non-hydrogen) atoms. The first kappa shape index (κ1) is 12.2. The molecule has 3 atom stereocenters. The molecule has 2 aliphatic carbocycles. The number of fused-ring (bicyclic) bond motifs is 1. The maximum atomic E-state index is 10.1. The van der Waals surface area contributed by atoms with E-state index in [4.69, 9.17) is 0 Å². The fraction of sp³-hybridized carbons (Fsp3) is 0.867. The first-order valence-corrected chi connectivity index (χ1v) is 6.76. The highest BCUT2D eigenvalue weighted by Gasteiger charge is 2.39. The molecule has 0 heterocycles. The molecular formula is C15H26O. The van der Waals surface area contributed by atoms with Gasteiger partial charge in [-0.15, -0.1) is 0 Å². The van der Waals surface area contributed by atoms with E-state index in [1.54, 1.807) is 5.57 Å². The maximum absolute atomic E-state index is 10.1. The van der Waals surface area contributed by atoms with Crippen LogP contribution in [-0.2, 0) is 0 Å². The lowest BCUT2D eigenvalue weighted by molar-refractivity contribution is 0.0846. The van der Waals surface area contributed by atoms with Crippen LogP contribution in [0.5, 0.6) is 0 Å². The second-order valence-electron chi connectivity index (χ2n) is 6.79. The molecule has 2 aliphatic rings. The fourth-order valence-corrected chi connectivity index (χ4v) is 3.85. The number of aliphatic hydroxyl groups excluding tert-OH is 1. The van der Waals surface area contributed by atoms with E-state index in [1.807, 2.05) is 0 Å². The number of hydrogen-bond acceptors (Lipinski definition) is 1. The summed E-state index contributed by atoms with van der Waals surface area (Å²) in [6, 6.07) is 0. The van der Waals surface area contributed by atoms with E-state index >= 15 is 0 Å². The van der Waals surface area contributed by atoms with Gasteiger partial charge in [0.2, 0.25) is 0 Å². The predicted molar refractivity (Wildman–Crippen MR) is 68.2 cm³/mol. The van der Waals surface area contributed by atoms with E-state index in [1.165, 1.54) is 24.8 Å². The maximum Gasteiger partial charge on any atom is 0.0582 e. The largest absolute Gasteiger partial charge is 0.393 e. The van der Waals surface area contributed by atoms with Gasteiger partial charge in [0.05, 0.1) is 6.10 Å². The van der Waals surface area contributed by atoms with Crippen LogP contribution in [0.4, 0.5) is 0 Å². The van der Waals surface area contributed by atoms with Crippen LogP contribution in [0.2, 0.25) is 0 Å². The minimum absolute atomic E-state index is 0.122. The van der Waals surface area contributed by atoms with Crippen molar-refractivity contribution in [2.75, 3.05) is 0 Å². The minimum Gasteiger partial charge on any atom is -0.393 e. The standard InChI is InChI=1S/C15H26O/c1-10-5-6-13-11(2)8-12(16)9-15(3,4)14(13)7-10/h10,12,14,16H,5-9H2,1-4H3. The second kappa shape index (κ2) is 4.18. The topological polar surface area (TPSA) is 20.2 Å². The molecule has 92 valence electrons. The van der Waals surface area contributed by atoms with Crippen LogP contribution in [0.1, 0.15) is 59.8 Å². The summed E-state index contributed by atoms with van der Waals surface area (Å²) in [6.07, 6.45) is 5.69. The highest BCUT2D eigenvalue weighted by atomic mass is 16.3. The van der Waals surface area contributed by atoms with Crippen LogP contribution in [0.25, 0.3) is 0 Å². The molecule has 0 aromatic rings. The lowest BCUT2D eigenvalue weighted by Crippen LogP contribution is -2.31. The Bertz CT molecular complexity index is 301. The average Bonchev–Trinajstić information content (AvgIpc) is 2.22. The predicted octanol–water partition coefficient (Wildman–Crippen LogP) is 3.92. The molecule has 0 saturated heterocycles. The highest BCUT2D eigenvalue weighted by Crippen LogP contribution is 2.49. The molecule has 0 aliphatic heterocycles. The third-order valence-corrected chi connectivity index (χ3v) is 4.76. The molecule has 2 rings (SSSR count). The summed E-state index contributed by atoms with van der Waals surface area (Å²) in [6.45, 7) is 9.31. The molecule has 0 aromatic carbocycles. The van der Waals surface area contributed by atoms with Gasteiger partial charge in [0, 0.05) is 0 Å².